The summed E-state index contributed by atoms with van der Waals surface area (Å²) in [6, 6.07) is 5.32. The lowest BCUT2D eigenvalue weighted by molar-refractivity contribution is 0.341. The maximum Gasteiger partial charge on any atom is 0.239 e. The number of nitrogens with zero attached hydrogens (tertiary/aromatic N) is 2. The van der Waals surface area contributed by atoms with Gasteiger partial charge in [0.25, 0.3) is 0 Å². The van der Waals surface area contributed by atoms with E-state index in [9.17, 15) is 0 Å². The first-order valence-electron chi connectivity index (χ1n) is 5.32. The van der Waals surface area contributed by atoms with Gasteiger partial charge in [-0.2, -0.15) is 0 Å². The number of hydrogen-bond acceptors (Lipinski definition) is 6. The van der Waals surface area contributed by atoms with E-state index in [0.29, 0.717) is 27.5 Å². The molecule has 0 amide bonds. The van der Waals surface area contributed by atoms with E-state index >= 15 is 0 Å². The molecule has 0 unspecified atom stereocenters. The first-order valence-corrected chi connectivity index (χ1v) is 6.11. The van der Waals surface area contributed by atoms with Gasteiger partial charge in [0.15, 0.2) is 11.5 Å². The highest BCUT2D eigenvalue weighted by atomic mass is 79.9. The molecule has 19 heavy (non-hydrogen) atoms. The number of aromatic nitrogens is 2. The van der Waals surface area contributed by atoms with Crippen molar-refractivity contribution in [2.75, 3.05) is 20.0 Å². The molecule has 0 saturated heterocycles. The first-order chi connectivity index (χ1) is 9.17. The number of hydrogen-bond donors (Lipinski definition) is 1. The number of nitrogens with two attached hydrogens (primary N) is 1. The molecular weight excluding hydrogens is 314 g/mol. The van der Waals surface area contributed by atoms with Gasteiger partial charge < -0.3 is 19.9 Å². The summed E-state index contributed by atoms with van der Waals surface area (Å²) >= 11 is 3.27. The quantitative estimate of drug-likeness (QED) is 0.930. The fraction of sp³-hybridized carbons (Fsp3) is 0.167. The molecule has 1 aromatic carbocycles. The number of methoxy groups -OCH3 is 2. The van der Waals surface area contributed by atoms with E-state index in [1.807, 2.05) is 0 Å². The minimum atomic E-state index is 0.287. The summed E-state index contributed by atoms with van der Waals surface area (Å²) in [7, 11) is 3.09. The van der Waals surface area contributed by atoms with E-state index in [-0.39, 0.29) is 5.88 Å². The second kappa shape index (κ2) is 5.75. The maximum atomic E-state index is 5.71. The molecule has 1 aromatic heterocycles. The Labute approximate surface area is 118 Å². The van der Waals surface area contributed by atoms with Crippen LogP contribution in [0.4, 0.5) is 5.82 Å². The van der Waals surface area contributed by atoms with Crippen molar-refractivity contribution in [3.05, 3.63) is 29.0 Å². The van der Waals surface area contributed by atoms with Crippen molar-refractivity contribution in [2.45, 2.75) is 0 Å². The molecule has 6 nitrogen and oxygen atoms in total. The Morgan fingerprint density at radius 3 is 2.32 bits per heavy atom. The third-order valence-corrected chi connectivity index (χ3v) is 3.11. The molecule has 2 aromatic rings. The zero-order valence-electron chi connectivity index (χ0n) is 10.4. The highest BCUT2D eigenvalue weighted by Crippen LogP contribution is 2.41. The fourth-order valence-electron chi connectivity index (χ4n) is 1.45. The number of benzene rings is 1. The summed E-state index contributed by atoms with van der Waals surface area (Å²) in [5.41, 5.74) is 5.67. The molecule has 0 aliphatic heterocycles. The molecule has 1 heterocycles. The van der Waals surface area contributed by atoms with Gasteiger partial charge in [-0.25, -0.2) is 9.97 Å². The van der Waals surface area contributed by atoms with Gasteiger partial charge in [-0.1, -0.05) is 6.07 Å². The van der Waals surface area contributed by atoms with Gasteiger partial charge in [-0.05, 0) is 28.1 Å². The normalized spacial score (nSPS) is 10.1. The molecule has 2 rings (SSSR count). The topological polar surface area (TPSA) is 79.5 Å². The van der Waals surface area contributed by atoms with Gasteiger partial charge >= 0.3 is 0 Å². The largest absolute Gasteiger partial charge is 0.493 e. The Kier molecular flexibility index (Phi) is 4.06. The predicted octanol–water partition coefficient (Wildman–Crippen LogP) is 2.63. The van der Waals surface area contributed by atoms with E-state index in [0.717, 1.165) is 0 Å². The molecule has 0 radical (unpaired) electrons. The number of anilines is 1. The van der Waals surface area contributed by atoms with Crippen molar-refractivity contribution in [2.24, 2.45) is 0 Å². The molecule has 2 N–H and O–H groups in total. The predicted molar refractivity (Wildman–Crippen MR) is 73.8 cm³/mol. The fourth-order valence-corrected chi connectivity index (χ4v) is 1.74. The molecule has 0 aliphatic rings. The number of halogens is 1. The number of para-hydroxylation sites is 1. The van der Waals surface area contributed by atoms with Crippen LogP contribution in [0.1, 0.15) is 0 Å². The number of rotatable bonds is 4. The Hall–Kier alpha value is -2.02. The van der Waals surface area contributed by atoms with Crippen LogP contribution in [0.3, 0.4) is 0 Å². The van der Waals surface area contributed by atoms with Crippen LogP contribution < -0.4 is 19.9 Å². The first kappa shape index (κ1) is 13.4. The summed E-state index contributed by atoms with van der Waals surface area (Å²) in [6.45, 7) is 0. The minimum absolute atomic E-state index is 0.287. The van der Waals surface area contributed by atoms with Crippen LogP contribution in [0.2, 0.25) is 0 Å². The Morgan fingerprint density at radius 1 is 1.11 bits per heavy atom. The zero-order chi connectivity index (χ0) is 13.8. The highest BCUT2D eigenvalue weighted by Gasteiger charge is 2.16. The summed E-state index contributed by atoms with van der Waals surface area (Å²) < 4.78 is 16.7. The summed E-state index contributed by atoms with van der Waals surface area (Å²) in [4.78, 5) is 7.86. The van der Waals surface area contributed by atoms with Crippen molar-refractivity contribution in [1.29, 1.82) is 0 Å². The van der Waals surface area contributed by atoms with E-state index in [1.54, 1.807) is 32.4 Å². The number of ether oxygens (including phenoxy) is 3. The van der Waals surface area contributed by atoms with Gasteiger partial charge in [0, 0.05) is 0 Å². The van der Waals surface area contributed by atoms with Crippen molar-refractivity contribution >= 4 is 21.7 Å². The Balaban J connectivity index is 2.45. The van der Waals surface area contributed by atoms with E-state index in [4.69, 9.17) is 19.9 Å². The minimum Gasteiger partial charge on any atom is -0.493 e. The van der Waals surface area contributed by atoms with Gasteiger partial charge in [-0.3, -0.25) is 0 Å². The van der Waals surface area contributed by atoms with Crippen LogP contribution in [-0.2, 0) is 0 Å². The summed E-state index contributed by atoms with van der Waals surface area (Å²) in [6.07, 6.45) is 1.32. The molecular formula is C12H12BrN3O3. The molecule has 7 heteroatoms. The average Bonchev–Trinajstić information content (AvgIpc) is 2.44. The van der Waals surface area contributed by atoms with E-state index in [1.165, 1.54) is 6.33 Å². The smallest absolute Gasteiger partial charge is 0.239 e. The van der Waals surface area contributed by atoms with Crippen LogP contribution >= 0.6 is 15.9 Å². The number of nitrogen functional groups attached to an aromatic ring is 1. The van der Waals surface area contributed by atoms with Crippen molar-refractivity contribution < 1.29 is 14.2 Å². The van der Waals surface area contributed by atoms with Crippen LogP contribution in [-0.4, -0.2) is 24.2 Å². The van der Waals surface area contributed by atoms with E-state index in [2.05, 4.69) is 25.9 Å². The molecule has 0 aliphatic carbocycles. The Morgan fingerprint density at radius 2 is 1.74 bits per heavy atom. The van der Waals surface area contributed by atoms with Gasteiger partial charge in [0.05, 0.1) is 14.2 Å². The Bertz CT molecular complexity index is 570. The monoisotopic (exact) mass is 325 g/mol. The van der Waals surface area contributed by atoms with Crippen LogP contribution in [0.25, 0.3) is 0 Å². The summed E-state index contributed by atoms with van der Waals surface area (Å²) in [5.74, 6) is 2.06. The van der Waals surface area contributed by atoms with Gasteiger partial charge in [0.2, 0.25) is 11.6 Å². The van der Waals surface area contributed by atoms with Gasteiger partial charge in [-0.15, -0.1) is 0 Å². The lowest BCUT2D eigenvalue weighted by Crippen LogP contribution is -1.99. The molecule has 0 bridgehead atoms. The standard InChI is InChI=1S/C12H12BrN3O3/c1-17-7-4-3-5-8(18-2)10(7)19-12-9(13)11(14)15-6-16-12/h3-6H,1-2H3,(H2,14,15,16). The third kappa shape index (κ3) is 2.70. The average molecular weight is 326 g/mol. The van der Waals surface area contributed by atoms with Crippen LogP contribution in [0.15, 0.2) is 29.0 Å². The zero-order valence-corrected chi connectivity index (χ0v) is 12.0. The third-order valence-electron chi connectivity index (χ3n) is 2.37. The van der Waals surface area contributed by atoms with Crippen molar-refractivity contribution in [3.63, 3.8) is 0 Å². The molecule has 100 valence electrons. The lowest BCUT2D eigenvalue weighted by atomic mass is 10.3. The summed E-state index contributed by atoms with van der Waals surface area (Å²) in [5, 5.41) is 0. The molecule has 0 spiro atoms. The molecule has 0 saturated carbocycles. The molecule has 0 atom stereocenters. The second-order valence-corrected chi connectivity index (χ2v) is 4.26. The van der Waals surface area contributed by atoms with Crippen molar-refractivity contribution in [3.8, 4) is 23.1 Å². The van der Waals surface area contributed by atoms with E-state index < -0.39 is 0 Å². The second-order valence-electron chi connectivity index (χ2n) is 3.47. The molecule has 0 fully saturated rings. The lowest BCUT2D eigenvalue weighted by Gasteiger charge is -2.13. The van der Waals surface area contributed by atoms with Gasteiger partial charge in [0.1, 0.15) is 16.6 Å². The van der Waals surface area contributed by atoms with Crippen LogP contribution in [0.5, 0.6) is 23.1 Å². The van der Waals surface area contributed by atoms with Crippen molar-refractivity contribution in [1.82, 2.24) is 9.97 Å². The maximum absolute atomic E-state index is 5.71. The SMILES string of the molecule is COc1cccc(OC)c1Oc1ncnc(N)c1Br. The van der Waals surface area contributed by atoms with Crippen LogP contribution in [0, 0.1) is 0 Å². The highest BCUT2D eigenvalue weighted by molar-refractivity contribution is 9.10.